The smallest absolute Gasteiger partial charge is 0.275 e. The molecule has 2 N–H and O–H groups in total. The fraction of sp³-hybridized carbons (Fsp3) is 0.250. The van der Waals surface area contributed by atoms with Gasteiger partial charge in [-0.1, -0.05) is 30.3 Å². The van der Waals surface area contributed by atoms with Crippen LogP contribution in [0.4, 0.5) is 0 Å². The molecule has 0 saturated heterocycles. The van der Waals surface area contributed by atoms with Crippen LogP contribution >= 0.6 is 0 Å². The zero-order chi connectivity index (χ0) is 21.3. The van der Waals surface area contributed by atoms with Gasteiger partial charge in [0.05, 0.1) is 16.3 Å². The summed E-state index contributed by atoms with van der Waals surface area (Å²) in [7, 11) is -2.15. The Morgan fingerprint density at radius 1 is 1.14 bits per heavy atom. The van der Waals surface area contributed by atoms with Gasteiger partial charge in [-0.3, -0.25) is 9.59 Å². The van der Waals surface area contributed by atoms with Crippen molar-refractivity contribution in [3.63, 3.8) is 0 Å². The van der Waals surface area contributed by atoms with Gasteiger partial charge in [0.25, 0.3) is 11.5 Å². The van der Waals surface area contributed by atoms with Crippen molar-refractivity contribution in [2.24, 2.45) is 5.14 Å². The maximum Gasteiger partial charge on any atom is 0.275 e. The maximum absolute atomic E-state index is 13.2. The number of amides is 1. The van der Waals surface area contributed by atoms with E-state index < -0.39 is 10.0 Å². The Labute approximate surface area is 168 Å². The van der Waals surface area contributed by atoms with E-state index in [0.29, 0.717) is 17.3 Å². The molecule has 1 aromatic heterocycles. The van der Waals surface area contributed by atoms with Crippen LogP contribution in [0.25, 0.3) is 10.8 Å². The highest BCUT2D eigenvalue weighted by atomic mass is 32.2. The average molecular weight is 414 g/mol. The summed E-state index contributed by atoms with van der Waals surface area (Å²) >= 11 is 0. The molecule has 9 heteroatoms. The Kier molecular flexibility index (Phi) is 5.54. The van der Waals surface area contributed by atoms with Crippen molar-refractivity contribution in [1.82, 2.24) is 14.7 Å². The first-order valence-corrected chi connectivity index (χ1v) is 10.6. The number of benzene rings is 2. The van der Waals surface area contributed by atoms with E-state index in [9.17, 15) is 18.0 Å². The van der Waals surface area contributed by atoms with E-state index in [1.165, 1.54) is 21.7 Å². The topological polar surface area (TPSA) is 115 Å². The van der Waals surface area contributed by atoms with Gasteiger partial charge in [-0.15, -0.1) is 0 Å². The summed E-state index contributed by atoms with van der Waals surface area (Å²) in [5.41, 5.74) is 0.688. The number of hydrogen-bond donors (Lipinski definition) is 1. The molecule has 1 unspecified atom stereocenters. The molecule has 0 aliphatic carbocycles. The lowest BCUT2D eigenvalue weighted by molar-refractivity contribution is 0.0736. The Balaban J connectivity index is 2.00. The number of carbonyl (C=O) groups excluding carboxylic acids is 1. The number of fused-ring (bicyclic) bond motifs is 1. The molecule has 3 rings (SSSR count). The van der Waals surface area contributed by atoms with Gasteiger partial charge >= 0.3 is 0 Å². The summed E-state index contributed by atoms with van der Waals surface area (Å²) in [5, 5.41) is 10.3. The van der Waals surface area contributed by atoms with Crippen LogP contribution in [0.5, 0.6) is 0 Å². The van der Waals surface area contributed by atoms with Crippen LogP contribution in [0.1, 0.15) is 35.9 Å². The predicted molar refractivity (Wildman–Crippen MR) is 110 cm³/mol. The summed E-state index contributed by atoms with van der Waals surface area (Å²) in [4.78, 5) is 27.2. The SMILES string of the molecule is CCn1nc(C(=O)N(C)C(C)c2ccc(S(N)(=O)=O)cc2)c2ccccc2c1=O. The van der Waals surface area contributed by atoms with E-state index >= 15 is 0 Å². The number of rotatable bonds is 5. The second kappa shape index (κ2) is 7.76. The number of sulfonamides is 1. The zero-order valence-electron chi connectivity index (χ0n) is 16.4. The van der Waals surface area contributed by atoms with E-state index in [1.54, 1.807) is 50.4 Å². The number of aromatic nitrogens is 2. The summed E-state index contributed by atoms with van der Waals surface area (Å²) in [6.07, 6.45) is 0. The molecule has 0 spiro atoms. The van der Waals surface area contributed by atoms with Gasteiger partial charge < -0.3 is 4.90 Å². The van der Waals surface area contributed by atoms with Crippen LogP contribution in [0.15, 0.2) is 58.2 Å². The van der Waals surface area contributed by atoms with Gasteiger partial charge in [-0.05, 0) is 37.6 Å². The Morgan fingerprint density at radius 3 is 2.28 bits per heavy atom. The summed E-state index contributed by atoms with van der Waals surface area (Å²) < 4.78 is 24.1. The molecule has 29 heavy (non-hydrogen) atoms. The molecule has 0 aliphatic rings. The van der Waals surface area contributed by atoms with Crippen LogP contribution in [0, 0.1) is 0 Å². The number of aryl methyl sites for hydroxylation is 1. The van der Waals surface area contributed by atoms with Crippen LogP contribution in [-0.2, 0) is 16.6 Å². The van der Waals surface area contributed by atoms with Crippen molar-refractivity contribution in [2.45, 2.75) is 31.3 Å². The van der Waals surface area contributed by atoms with Gasteiger partial charge in [0.1, 0.15) is 0 Å². The second-order valence-corrected chi connectivity index (χ2v) is 8.28. The minimum Gasteiger partial charge on any atom is -0.334 e. The van der Waals surface area contributed by atoms with Crippen molar-refractivity contribution in [1.29, 1.82) is 0 Å². The third-order valence-corrected chi connectivity index (χ3v) is 5.89. The summed E-state index contributed by atoms with van der Waals surface area (Å²) in [6.45, 7) is 3.96. The minimum absolute atomic E-state index is 0.00473. The van der Waals surface area contributed by atoms with E-state index in [4.69, 9.17) is 5.14 Å². The fourth-order valence-corrected chi connectivity index (χ4v) is 3.63. The molecule has 1 heterocycles. The molecule has 1 amide bonds. The van der Waals surface area contributed by atoms with Gasteiger partial charge in [-0.25, -0.2) is 18.2 Å². The maximum atomic E-state index is 13.2. The van der Waals surface area contributed by atoms with Crippen molar-refractivity contribution in [2.75, 3.05) is 7.05 Å². The first-order valence-electron chi connectivity index (χ1n) is 9.05. The second-order valence-electron chi connectivity index (χ2n) is 6.72. The molecular formula is C20H22N4O4S. The number of nitrogens with zero attached hydrogens (tertiary/aromatic N) is 3. The third kappa shape index (κ3) is 3.92. The van der Waals surface area contributed by atoms with Crippen molar-refractivity contribution >= 4 is 26.7 Å². The fourth-order valence-electron chi connectivity index (χ4n) is 3.11. The highest BCUT2D eigenvalue weighted by Crippen LogP contribution is 2.23. The Bertz CT molecular complexity index is 1230. The Morgan fingerprint density at radius 2 is 1.72 bits per heavy atom. The molecule has 0 radical (unpaired) electrons. The molecule has 2 aromatic carbocycles. The lowest BCUT2D eigenvalue weighted by atomic mass is 10.1. The van der Waals surface area contributed by atoms with E-state index in [1.807, 2.05) is 6.92 Å². The number of nitrogens with two attached hydrogens (primary N) is 1. The lowest BCUT2D eigenvalue weighted by Gasteiger charge is -2.25. The molecule has 0 aliphatic heterocycles. The number of primary sulfonamides is 1. The minimum atomic E-state index is -3.78. The highest BCUT2D eigenvalue weighted by Gasteiger charge is 2.24. The van der Waals surface area contributed by atoms with Crippen LogP contribution in [-0.4, -0.2) is 36.1 Å². The van der Waals surface area contributed by atoms with Gasteiger partial charge in [0.15, 0.2) is 5.69 Å². The van der Waals surface area contributed by atoms with E-state index in [0.717, 1.165) is 5.56 Å². The van der Waals surface area contributed by atoms with Gasteiger partial charge in [-0.2, -0.15) is 5.10 Å². The number of carbonyl (C=O) groups is 1. The standard InChI is InChI=1S/C20H22N4O4S/c1-4-24-19(25)17-8-6-5-7-16(17)18(22-24)20(26)23(3)13(2)14-9-11-15(12-10-14)29(21,27)28/h5-13H,4H2,1-3H3,(H2,21,27,28). The van der Waals surface area contributed by atoms with Crippen LogP contribution < -0.4 is 10.7 Å². The summed E-state index contributed by atoms with van der Waals surface area (Å²) in [5.74, 6) is -0.341. The molecule has 0 bridgehead atoms. The molecule has 8 nitrogen and oxygen atoms in total. The van der Waals surface area contributed by atoms with Gasteiger partial charge in [0.2, 0.25) is 10.0 Å². The third-order valence-electron chi connectivity index (χ3n) is 4.96. The molecule has 1 atom stereocenters. The quantitative estimate of drug-likeness (QED) is 0.685. The van der Waals surface area contributed by atoms with E-state index in [2.05, 4.69) is 5.10 Å². The molecule has 152 valence electrons. The first kappa shape index (κ1) is 20.7. The van der Waals surface area contributed by atoms with Crippen molar-refractivity contribution in [3.8, 4) is 0 Å². The zero-order valence-corrected chi connectivity index (χ0v) is 17.2. The lowest BCUT2D eigenvalue weighted by Crippen LogP contribution is -2.33. The molecule has 0 saturated carbocycles. The van der Waals surface area contributed by atoms with Crippen molar-refractivity contribution < 1.29 is 13.2 Å². The largest absolute Gasteiger partial charge is 0.334 e. The van der Waals surface area contributed by atoms with Crippen LogP contribution in [0.3, 0.4) is 0 Å². The van der Waals surface area contributed by atoms with E-state index in [-0.39, 0.29) is 28.1 Å². The summed E-state index contributed by atoms with van der Waals surface area (Å²) in [6, 6.07) is 12.6. The molecule has 3 aromatic rings. The van der Waals surface area contributed by atoms with Gasteiger partial charge in [0, 0.05) is 19.0 Å². The molecular weight excluding hydrogens is 392 g/mol. The predicted octanol–water partition coefficient (Wildman–Crippen LogP) is 1.90. The number of hydrogen-bond acceptors (Lipinski definition) is 5. The normalized spacial score (nSPS) is 12.7. The molecule has 0 fully saturated rings. The van der Waals surface area contributed by atoms with Crippen LogP contribution in [0.2, 0.25) is 0 Å². The van der Waals surface area contributed by atoms with Crippen molar-refractivity contribution in [3.05, 3.63) is 70.1 Å². The highest BCUT2D eigenvalue weighted by molar-refractivity contribution is 7.89. The first-order chi connectivity index (χ1) is 13.6. The monoisotopic (exact) mass is 414 g/mol. The Hall–Kier alpha value is -3.04. The average Bonchev–Trinajstić information content (AvgIpc) is 2.72.